The number of sulfonamides is 1. The quantitative estimate of drug-likeness (QED) is 0.523. The maximum atomic E-state index is 13.8. The van der Waals surface area contributed by atoms with Crippen molar-refractivity contribution in [1.82, 2.24) is 0 Å². The van der Waals surface area contributed by atoms with Crippen LogP contribution in [0.5, 0.6) is 11.5 Å². The van der Waals surface area contributed by atoms with Crippen LogP contribution in [0.3, 0.4) is 0 Å². The fourth-order valence-corrected chi connectivity index (χ4v) is 5.82. The van der Waals surface area contributed by atoms with Gasteiger partial charge in [-0.25, -0.2) is 17.5 Å². The summed E-state index contributed by atoms with van der Waals surface area (Å²) in [5.74, 6) is 2.13. The molecular formula is C23H17Cl2NO6S. The first-order valence-electron chi connectivity index (χ1n) is 9.50. The van der Waals surface area contributed by atoms with Gasteiger partial charge in [-0.2, -0.15) is 0 Å². The van der Waals surface area contributed by atoms with Crippen LogP contribution in [0.25, 0.3) is 0 Å². The van der Waals surface area contributed by atoms with Gasteiger partial charge in [-0.1, -0.05) is 41.4 Å². The van der Waals surface area contributed by atoms with Crippen LogP contribution in [0.2, 0.25) is 10.0 Å². The van der Waals surface area contributed by atoms with Crippen molar-refractivity contribution in [2.24, 2.45) is 0 Å². The molecule has 3 aromatic carbocycles. The van der Waals surface area contributed by atoms with E-state index in [-0.39, 0.29) is 37.5 Å². The molecule has 7 nitrogen and oxygen atoms in total. The van der Waals surface area contributed by atoms with Crippen LogP contribution in [-0.4, -0.2) is 33.7 Å². The SMILES string of the molecule is COc1ccc(S(=O)(=O)N2C(=C=O)C(O)(c3ccccc3Cl)c3cc(Cl)ccc32)cc1OC. The summed E-state index contributed by atoms with van der Waals surface area (Å²) >= 11 is 12.5. The first-order valence-corrected chi connectivity index (χ1v) is 11.7. The van der Waals surface area contributed by atoms with Crippen molar-refractivity contribution in [3.63, 3.8) is 0 Å². The van der Waals surface area contributed by atoms with E-state index in [4.69, 9.17) is 32.7 Å². The molecule has 1 N–H and O–H groups in total. The van der Waals surface area contributed by atoms with Crippen LogP contribution < -0.4 is 13.8 Å². The minimum atomic E-state index is -4.42. The molecule has 1 aliphatic rings. The minimum absolute atomic E-state index is 0.0370. The number of methoxy groups -OCH3 is 2. The molecule has 1 heterocycles. The van der Waals surface area contributed by atoms with E-state index in [9.17, 15) is 18.3 Å². The summed E-state index contributed by atoms with van der Waals surface area (Å²) in [6.07, 6.45) is 0. The predicted molar refractivity (Wildman–Crippen MR) is 124 cm³/mol. The summed E-state index contributed by atoms with van der Waals surface area (Å²) in [6, 6.07) is 14.5. The molecule has 0 fully saturated rings. The summed E-state index contributed by atoms with van der Waals surface area (Å²) in [6.45, 7) is 0. The van der Waals surface area contributed by atoms with Crippen molar-refractivity contribution in [2.75, 3.05) is 18.5 Å². The van der Waals surface area contributed by atoms with Gasteiger partial charge in [0.15, 0.2) is 28.7 Å². The first-order chi connectivity index (χ1) is 15.7. The van der Waals surface area contributed by atoms with E-state index in [2.05, 4.69) is 0 Å². The summed E-state index contributed by atoms with van der Waals surface area (Å²) in [5, 5.41) is 12.2. The number of ether oxygens (including phenoxy) is 2. The van der Waals surface area contributed by atoms with Crippen molar-refractivity contribution in [3.8, 4) is 11.5 Å². The number of carbonyl (C=O) groups excluding carboxylic acids is 1. The Kier molecular flexibility index (Phi) is 5.90. The highest BCUT2D eigenvalue weighted by molar-refractivity contribution is 7.93. The molecule has 0 saturated carbocycles. The van der Waals surface area contributed by atoms with Gasteiger partial charge < -0.3 is 14.6 Å². The molecule has 1 unspecified atom stereocenters. The molecule has 0 bridgehead atoms. The topological polar surface area (TPSA) is 93.1 Å². The van der Waals surface area contributed by atoms with Crippen LogP contribution in [-0.2, 0) is 20.4 Å². The Balaban J connectivity index is 2.01. The van der Waals surface area contributed by atoms with Crippen molar-refractivity contribution in [3.05, 3.63) is 87.5 Å². The average Bonchev–Trinajstić information content (AvgIpc) is 3.07. The van der Waals surface area contributed by atoms with E-state index >= 15 is 0 Å². The molecule has 10 heteroatoms. The Morgan fingerprint density at radius 2 is 1.64 bits per heavy atom. The maximum Gasteiger partial charge on any atom is 0.269 e. The second kappa shape index (κ2) is 8.41. The summed E-state index contributed by atoms with van der Waals surface area (Å²) in [5.41, 5.74) is -2.56. The molecule has 0 spiro atoms. The van der Waals surface area contributed by atoms with Crippen molar-refractivity contribution >= 4 is 44.9 Å². The lowest BCUT2D eigenvalue weighted by Gasteiger charge is -2.27. The normalized spacial score (nSPS) is 17.5. The molecule has 4 rings (SSSR count). The van der Waals surface area contributed by atoms with Gasteiger partial charge in [0.2, 0.25) is 0 Å². The third-order valence-corrected chi connectivity index (χ3v) is 7.64. The van der Waals surface area contributed by atoms with Crippen molar-refractivity contribution < 1.29 is 27.8 Å². The van der Waals surface area contributed by atoms with Crippen LogP contribution in [0.15, 0.2) is 71.3 Å². The second-order valence-corrected chi connectivity index (χ2v) is 9.72. The Hall–Kier alpha value is -3.00. The summed E-state index contributed by atoms with van der Waals surface area (Å²) < 4.78 is 38.7. The molecule has 3 aromatic rings. The first kappa shape index (κ1) is 23.2. The average molecular weight is 506 g/mol. The molecule has 0 saturated heterocycles. The third-order valence-electron chi connectivity index (χ3n) is 5.37. The van der Waals surface area contributed by atoms with Gasteiger partial charge >= 0.3 is 0 Å². The number of hydrogen-bond donors (Lipinski definition) is 1. The van der Waals surface area contributed by atoms with Crippen LogP contribution in [0.1, 0.15) is 11.1 Å². The molecule has 0 radical (unpaired) electrons. The third kappa shape index (κ3) is 3.47. The lowest BCUT2D eigenvalue weighted by molar-refractivity contribution is 0.129. The van der Waals surface area contributed by atoms with Crippen LogP contribution in [0, 0.1) is 0 Å². The molecule has 1 aliphatic heterocycles. The van der Waals surface area contributed by atoms with Crippen molar-refractivity contribution in [1.29, 1.82) is 0 Å². The van der Waals surface area contributed by atoms with E-state index in [1.54, 1.807) is 18.1 Å². The zero-order valence-electron chi connectivity index (χ0n) is 17.4. The van der Waals surface area contributed by atoms with Gasteiger partial charge in [0, 0.05) is 27.2 Å². The molecule has 33 heavy (non-hydrogen) atoms. The Morgan fingerprint density at radius 1 is 0.939 bits per heavy atom. The number of rotatable bonds is 5. The summed E-state index contributed by atoms with van der Waals surface area (Å²) in [4.78, 5) is 12.0. The Bertz CT molecular complexity index is 1420. The van der Waals surface area contributed by atoms with Gasteiger partial charge in [0.1, 0.15) is 0 Å². The molecule has 170 valence electrons. The molecule has 0 amide bonds. The number of aliphatic hydroxyl groups is 1. The number of halogens is 2. The second-order valence-electron chi connectivity index (χ2n) is 7.09. The van der Waals surface area contributed by atoms with Gasteiger partial charge in [-0.3, -0.25) is 0 Å². The highest BCUT2D eigenvalue weighted by atomic mass is 35.5. The standard InChI is InChI=1S/C23H17Cl2NO6S/c1-31-20-10-8-15(12-21(20)32-2)33(29,30)26-19-9-7-14(24)11-17(19)23(28,22(26)13-27)16-5-3-4-6-18(16)25/h3-12,28H,1-2H3. The zero-order valence-corrected chi connectivity index (χ0v) is 19.7. The van der Waals surface area contributed by atoms with Gasteiger partial charge in [-0.15, -0.1) is 0 Å². The largest absolute Gasteiger partial charge is 0.493 e. The van der Waals surface area contributed by atoms with E-state index in [1.807, 2.05) is 0 Å². The Morgan fingerprint density at radius 3 is 2.27 bits per heavy atom. The number of anilines is 1. The fourth-order valence-electron chi connectivity index (χ4n) is 3.84. The fraction of sp³-hybridized carbons (Fsp3) is 0.130. The van der Waals surface area contributed by atoms with E-state index in [0.29, 0.717) is 5.75 Å². The van der Waals surface area contributed by atoms with E-state index in [1.165, 1.54) is 62.8 Å². The lowest BCUT2D eigenvalue weighted by Crippen LogP contribution is -2.36. The maximum absolute atomic E-state index is 13.8. The lowest BCUT2D eigenvalue weighted by atomic mass is 9.86. The highest BCUT2D eigenvalue weighted by Crippen LogP contribution is 2.53. The molecule has 1 atom stereocenters. The Labute approximate surface area is 200 Å². The zero-order chi connectivity index (χ0) is 24.0. The van der Waals surface area contributed by atoms with E-state index in [0.717, 1.165) is 4.31 Å². The van der Waals surface area contributed by atoms with Gasteiger partial charge in [-0.05, 0) is 36.4 Å². The highest BCUT2D eigenvalue weighted by Gasteiger charge is 2.54. The number of nitrogens with zero attached hydrogens (tertiary/aromatic N) is 1. The monoisotopic (exact) mass is 505 g/mol. The summed E-state index contributed by atoms with van der Waals surface area (Å²) in [7, 11) is -1.63. The van der Waals surface area contributed by atoms with E-state index < -0.39 is 21.3 Å². The smallest absolute Gasteiger partial charge is 0.269 e. The predicted octanol–water partition coefficient (Wildman–Crippen LogP) is 4.17. The molecule has 0 aromatic heterocycles. The number of benzene rings is 3. The van der Waals surface area contributed by atoms with Gasteiger partial charge in [0.05, 0.1) is 24.8 Å². The molecule has 0 aliphatic carbocycles. The molecular weight excluding hydrogens is 489 g/mol. The van der Waals surface area contributed by atoms with Crippen LogP contribution in [0.4, 0.5) is 5.69 Å². The number of hydrogen-bond acceptors (Lipinski definition) is 6. The minimum Gasteiger partial charge on any atom is -0.493 e. The van der Waals surface area contributed by atoms with Gasteiger partial charge in [0.25, 0.3) is 10.0 Å². The van der Waals surface area contributed by atoms with Crippen molar-refractivity contribution in [2.45, 2.75) is 10.5 Å². The van der Waals surface area contributed by atoms with Crippen LogP contribution >= 0.6 is 23.2 Å². The number of fused-ring (bicyclic) bond motifs is 1.